The molecule has 0 radical (unpaired) electrons. The summed E-state index contributed by atoms with van der Waals surface area (Å²) in [5, 5.41) is 0. The number of hydrogen-bond acceptors (Lipinski definition) is 1. The van der Waals surface area contributed by atoms with Crippen LogP contribution >= 0.6 is 0 Å². The van der Waals surface area contributed by atoms with Gasteiger partial charge in [-0.05, 0) is 35.7 Å². The standard InChI is InChI=1S/C17H18F3N/c1-11-10-14(17(18,19)20)8-9-15(11)16(21)12(2)13-6-4-3-5-7-13/h3-10,12,16H,21H2,1-2H3. The second kappa shape index (κ2) is 5.90. The maximum Gasteiger partial charge on any atom is 0.416 e. The van der Waals surface area contributed by atoms with E-state index in [1.807, 2.05) is 37.3 Å². The Morgan fingerprint density at radius 3 is 2.14 bits per heavy atom. The van der Waals surface area contributed by atoms with Gasteiger partial charge in [0.05, 0.1) is 5.56 Å². The van der Waals surface area contributed by atoms with E-state index in [1.54, 1.807) is 6.92 Å². The zero-order valence-electron chi connectivity index (χ0n) is 12.0. The van der Waals surface area contributed by atoms with Crippen molar-refractivity contribution in [2.45, 2.75) is 32.0 Å². The van der Waals surface area contributed by atoms with Gasteiger partial charge in [0.1, 0.15) is 0 Å². The Bertz CT molecular complexity index is 605. The van der Waals surface area contributed by atoms with Crippen LogP contribution in [-0.4, -0.2) is 0 Å². The molecule has 2 rings (SSSR count). The Morgan fingerprint density at radius 1 is 1.00 bits per heavy atom. The molecule has 0 aliphatic carbocycles. The lowest BCUT2D eigenvalue weighted by molar-refractivity contribution is -0.137. The molecule has 2 aromatic rings. The second-order valence-electron chi connectivity index (χ2n) is 5.29. The number of rotatable bonds is 3. The summed E-state index contributed by atoms with van der Waals surface area (Å²) in [6.45, 7) is 3.65. The summed E-state index contributed by atoms with van der Waals surface area (Å²) in [6, 6.07) is 13.1. The average Bonchev–Trinajstić information content (AvgIpc) is 2.45. The largest absolute Gasteiger partial charge is 0.416 e. The molecule has 0 aromatic heterocycles. The van der Waals surface area contributed by atoms with E-state index < -0.39 is 11.7 Å². The number of halogens is 3. The molecular weight excluding hydrogens is 275 g/mol. The molecule has 1 nitrogen and oxygen atoms in total. The van der Waals surface area contributed by atoms with Crippen LogP contribution in [0.3, 0.4) is 0 Å². The van der Waals surface area contributed by atoms with E-state index in [0.717, 1.165) is 23.3 Å². The van der Waals surface area contributed by atoms with E-state index >= 15 is 0 Å². The number of hydrogen-bond donors (Lipinski definition) is 1. The van der Waals surface area contributed by atoms with Crippen molar-refractivity contribution in [1.82, 2.24) is 0 Å². The molecule has 0 aliphatic rings. The SMILES string of the molecule is Cc1cc(C(F)(F)F)ccc1C(N)C(C)c1ccccc1. The van der Waals surface area contributed by atoms with Crippen molar-refractivity contribution < 1.29 is 13.2 Å². The van der Waals surface area contributed by atoms with Gasteiger partial charge in [-0.1, -0.05) is 43.3 Å². The predicted octanol–water partition coefficient (Wildman–Crippen LogP) is 4.82. The monoisotopic (exact) mass is 293 g/mol. The summed E-state index contributed by atoms with van der Waals surface area (Å²) >= 11 is 0. The van der Waals surface area contributed by atoms with E-state index in [9.17, 15) is 13.2 Å². The Kier molecular flexibility index (Phi) is 4.37. The molecule has 0 spiro atoms. The van der Waals surface area contributed by atoms with Crippen molar-refractivity contribution in [3.05, 3.63) is 70.8 Å². The number of aryl methyl sites for hydroxylation is 1. The first kappa shape index (κ1) is 15.6. The van der Waals surface area contributed by atoms with E-state index in [1.165, 1.54) is 6.07 Å². The van der Waals surface area contributed by atoms with Gasteiger partial charge in [0, 0.05) is 12.0 Å². The smallest absolute Gasteiger partial charge is 0.323 e. The molecule has 2 N–H and O–H groups in total. The summed E-state index contributed by atoms with van der Waals surface area (Å²) in [6.07, 6.45) is -4.32. The van der Waals surface area contributed by atoms with Crippen LogP contribution in [0.25, 0.3) is 0 Å². The fourth-order valence-electron chi connectivity index (χ4n) is 2.46. The molecular formula is C17H18F3N. The molecule has 0 bridgehead atoms. The van der Waals surface area contributed by atoms with Crippen LogP contribution in [0.5, 0.6) is 0 Å². The molecule has 0 saturated carbocycles. The van der Waals surface area contributed by atoms with Crippen molar-refractivity contribution in [2.75, 3.05) is 0 Å². The Labute approximate surface area is 122 Å². The normalized spacial score (nSPS) is 14.8. The topological polar surface area (TPSA) is 26.0 Å². The first-order valence-electron chi connectivity index (χ1n) is 6.79. The Hall–Kier alpha value is -1.81. The van der Waals surface area contributed by atoms with Crippen LogP contribution in [0.15, 0.2) is 48.5 Å². The molecule has 0 aliphatic heterocycles. The molecule has 0 amide bonds. The molecule has 2 unspecified atom stereocenters. The number of alkyl halides is 3. The molecule has 112 valence electrons. The lowest BCUT2D eigenvalue weighted by Gasteiger charge is -2.23. The highest BCUT2D eigenvalue weighted by Crippen LogP contribution is 2.34. The van der Waals surface area contributed by atoms with Gasteiger partial charge in [0.2, 0.25) is 0 Å². The van der Waals surface area contributed by atoms with Crippen LogP contribution in [0.4, 0.5) is 13.2 Å². The minimum absolute atomic E-state index is 0.0293. The molecule has 0 saturated heterocycles. The van der Waals surface area contributed by atoms with E-state index in [-0.39, 0.29) is 12.0 Å². The lowest BCUT2D eigenvalue weighted by Crippen LogP contribution is -2.19. The van der Waals surface area contributed by atoms with Crippen LogP contribution in [0.1, 0.15) is 41.1 Å². The zero-order valence-corrected chi connectivity index (χ0v) is 12.0. The highest BCUT2D eigenvalue weighted by molar-refractivity contribution is 5.36. The van der Waals surface area contributed by atoms with Gasteiger partial charge < -0.3 is 5.73 Å². The molecule has 0 heterocycles. The molecule has 2 aromatic carbocycles. The van der Waals surface area contributed by atoms with Crippen molar-refractivity contribution in [1.29, 1.82) is 0 Å². The third-order valence-corrected chi connectivity index (χ3v) is 3.82. The van der Waals surface area contributed by atoms with Crippen LogP contribution in [0, 0.1) is 6.92 Å². The van der Waals surface area contributed by atoms with Crippen molar-refractivity contribution in [2.24, 2.45) is 5.73 Å². The summed E-state index contributed by atoms with van der Waals surface area (Å²) in [7, 11) is 0. The minimum atomic E-state index is -4.32. The molecule has 0 fully saturated rings. The summed E-state index contributed by atoms with van der Waals surface area (Å²) in [5.74, 6) is 0.0293. The van der Waals surface area contributed by atoms with Crippen LogP contribution in [-0.2, 0) is 6.18 Å². The maximum atomic E-state index is 12.7. The highest BCUT2D eigenvalue weighted by atomic mass is 19.4. The summed E-state index contributed by atoms with van der Waals surface area (Å²) in [4.78, 5) is 0. The van der Waals surface area contributed by atoms with Gasteiger partial charge >= 0.3 is 6.18 Å². The van der Waals surface area contributed by atoms with Crippen molar-refractivity contribution in [3.63, 3.8) is 0 Å². The van der Waals surface area contributed by atoms with Gasteiger partial charge in [0.15, 0.2) is 0 Å². The van der Waals surface area contributed by atoms with E-state index in [0.29, 0.717) is 5.56 Å². The average molecular weight is 293 g/mol. The van der Waals surface area contributed by atoms with Crippen molar-refractivity contribution in [3.8, 4) is 0 Å². The zero-order chi connectivity index (χ0) is 15.6. The fourth-order valence-corrected chi connectivity index (χ4v) is 2.46. The third-order valence-electron chi connectivity index (χ3n) is 3.82. The molecule has 21 heavy (non-hydrogen) atoms. The quantitative estimate of drug-likeness (QED) is 0.863. The van der Waals surface area contributed by atoms with Crippen molar-refractivity contribution >= 4 is 0 Å². The number of nitrogens with two attached hydrogens (primary N) is 1. The van der Waals surface area contributed by atoms with Gasteiger partial charge in [-0.15, -0.1) is 0 Å². The highest BCUT2D eigenvalue weighted by Gasteiger charge is 2.31. The number of benzene rings is 2. The van der Waals surface area contributed by atoms with Gasteiger partial charge in [-0.3, -0.25) is 0 Å². The summed E-state index contributed by atoms with van der Waals surface area (Å²) < 4.78 is 38.1. The van der Waals surface area contributed by atoms with E-state index in [4.69, 9.17) is 5.73 Å². The first-order valence-corrected chi connectivity index (χ1v) is 6.79. The molecule has 4 heteroatoms. The second-order valence-corrected chi connectivity index (χ2v) is 5.29. The van der Waals surface area contributed by atoms with Crippen LogP contribution < -0.4 is 5.73 Å². The van der Waals surface area contributed by atoms with Gasteiger partial charge in [-0.2, -0.15) is 13.2 Å². The maximum absolute atomic E-state index is 12.7. The third kappa shape index (κ3) is 3.45. The van der Waals surface area contributed by atoms with E-state index in [2.05, 4.69) is 0 Å². The first-order chi connectivity index (χ1) is 9.80. The van der Waals surface area contributed by atoms with Gasteiger partial charge in [0.25, 0.3) is 0 Å². The van der Waals surface area contributed by atoms with Crippen LogP contribution in [0.2, 0.25) is 0 Å². The minimum Gasteiger partial charge on any atom is -0.323 e. The Morgan fingerprint density at radius 2 is 1.62 bits per heavy atom. The molecule has 2 atom stereocenters. The lowest BCUT2D eigenvalue weighted by atomic mass is 9.87. The van der Waals surface area contributed by atoms with Gasteiger partial charge in [-0.25, -0.2) is 0 Å². The fraction of sp³-hybridized carbons (Fsp3) is 0.294. The Balaban J connectivity index is 2.30. The summed E-state index contributed by atoms with van der Waals surface area (Å²) in [5.41, 5.74) is 8.01. The predicted molar refractivity (Wildman–Crippen MR) is 78.0 cm³/mol.